The van der Waals surface area contributed by atoms with E-state index in [2.05, 4.69) is 0 Å². The van der Waals surface area contributed by atoms with Gasteiger partial charge in [0.1, 0.15) is 0 Å². The van der Waals surface area contributed by atoms with E-state index in [1.165, 1.54) is 0 Å². The van der Waals surface area contributed by atoms with Gasteiger partial charge < -0.3 is 19.7 Å². The molecule has 0 bridgehead atoms. The van der Waals surface area contributed by atoms with Crippen LogP contribution in [0.15, 0.2) is 18.2 Å². The average molecular weight is 208 g/mol. The standard InChI is InChI=1S/C11H12O4/c12-10-7(11(10)13)5-14-4-6-1-2-8-9(3-6)15-8/h1-3,7,10-13H,4-5H2/t7?,10-,11+. The number of aliphatic hydroxyl groups is 2. The minimum atomic E-state index is -0.595. The fourth-order valence-corrected chi connectivity index (χ4v) is 1.65. The van der Waals surface area contributed by atoms with Crippen LogP contribution in [-0.2, 0) is 11.3 Å². The number of rotatable bonds is 4. The molecule has 1 unspecified atom stereocenters. The molecule has 1 heterocycles. The molecule has 0 spiro atoms. The summed E-state index contributed by atoms with van der Waals surface area (Å²) < 4.78 is 10.5. The Labute approximate surface area is 87.1 Å². The summed E-state index contributed by atoms with van der Waals surface area (Å²) in [4.78, 5) is 0. The van der Waals surface area contributed by atoms with Crippen LogP contribution in [-0.4, -0.2) is 29.0 Å². The Morgan fingerprint density at radius 2 is 2.00 bits per heavy atom. The van der Waals surface area contributed by atoms with Gasteiger partial charge in [-0.1, -0.05) is 6.07 Å². The van der Waals surface area contributed by atoms with Gasteiger partial charge in [-0.05, 0) is 17.7 Å². The fourth-order valence-electron chi connectivity index (χ4n) is 1.65. The minimum Gasteiger partial charge on any atom is -0.450 e. The van der Waals surface area contributed by atoms with Crippen molar-refractivity contribution in [1.29, 1.82) is 0 Å². The average Bonchev–Trinajstić information content (AvgIpc) is 3.10. The highest BCUT2D eigenvalue weighted by Crippen LogP contribution is 2.45. The molecule has 3 atom stereocenters. The number of hydrogen-bond acceptors (Lipinski definition) is 4. The smallest absolute Gasteiger partial charge is 0.170 e. The second-order valence-corrected chi connectivity index (χ2v) is 4.04. The van der Waals surface area contributed by atoms with Gasteiger partial charge in [0.2, 0.25) is 0 Å². The van der Waals surface area contributed by atoms with Crippen LogP contribution >= 0.6 is 0 Å². The van der Waals surface area contributed by atoms with E-state index >= 15 is 0 Å². The predicted octanol–water partition coefficient (Wildman–Crippen LogP) is 0.661. The van der Waals surface area contributed by atoms with Crippen LogP contribution in [0.3, 0.4) is 0 Å². The van der Waals surface area contributed by atoms with E-state index in [0.29, 0.717) is 13.2 Å². The third-order valence-electron chi connectivity index (χ3n) is 2.85. The van der Waals surface area contributed by atoms with Crippen LogP contribution in [0, 0.1) is 5.92 Å². The topological polar surface area (TPSA) is 62.2 Å². The Hall–Kier alpha value is -1.10. The van der Waals surface area contributed by atoms with Gasteiger partial charge in [-0.2, -0.15) is 0 Å². The maximum Gasteiger partial charge on any atom is 0.170 e. The molecular formula is C11H12O4. The van der Waals surface area contributed by atoms with Gasteiger partial charge in [0.05, 0.1) is 25.4 Å². The van der Waals surface area contributed by atoms with Crippen molar-refractivity contribution in [3.63, 3.8) is 0 Å². The lowest BCUT2D eigenvalue weighted by Crippen LogP contribution is -2.00. The minimum absolute atomic E-state index is 0.106. The molecule has 3 rings (SSSR count). The van der Waals surface area contributed by atoms with Gasteiger partial charge >= 0.3 is 0 Å². The van der Waals surface area contributed by atoms with E-state index in [1.54, 1.807) is 0 Å². The quantitative estimate of drug-likeness (QED) is 0.724. The molecule has 1 aromatic carbocycles. The van der Waals surface area contributed by atoms with Crippen LogP contribution in [0.4, 0.5) is 0 Å². The first-order valence-electron chi connectivity index (χ1n) is 5.00. The number of fused-ring (bicyclic) bond motifs is 1. The SMILES string of the molecule is O[C@@H]1C(COCc2ccc3c(c2)O3)[C@@H]1O. The lowest BCUT2D eigenvalue weighted by molar-refractivity contribution is 0.0937. The fraction of sp³-hybridized carbons (Fsp3) is 0.455. The summed E-state index contributed by atoms with van der Waals surface area (Å²) in [5.41, 5.74) is 1.05. The largest absolute Gasteiger partial charge is 0.450 e. The summed E-state index contributed by atoms with van der Waals surface area (Å²) >= 11 is 0. The van der Waals surface area contributed by atoms with E-state index in [1.807, 2.05) is 18.2 Å². The summed E-state index contributed by atoms with van der Waals surface area (Å²) in [7, 11) is 0. The summed E-state index contributed by atoms with van der Waals surface area (Å²) in [5, 5.41) is 18.2. The van der Waals surface area contributed by atoms with Crippen molar-refractivity contribution in [1.82, 2.24) is 0 Å². The maximum atomic E-state index is 9.09. The summed E-state index contributed by atoms with van der Waals surface area (Å²) in [6.07, 6.45) is -1.19. The van der Waals surface area contributed by atoms with E-state index in [4.69, 9.17) is 19.7 Å². The number of hydrogen-bond donors (Lipinski definition) is 2. The van der Waals surface area contributed by atoms with Crippen molar-refractivity contribution in [3.8, 4) is 11.5 Å². The first-order chi connectivity index (χ1) is 7.25. The molecule has 1 aliphatic heterocycles. The van der Waals surface area contributed by atoms with Crippen molar-refractivity contribution in [2.45, 2.75) is 18.8 Å². The number of aliphatic hydroxyl groups excluding tert-OH is 2. The lowest BCUT2D eigenvalue weighted by atomic mass is 10.2. The second kappa shape index (κ2) is 3.20. The van der Waals surface area contributed by atoms with Gasteiger partial charge in [0.25, 0.3) is 0 Å². The molecule has 4 heteroatoms. The predicted molar refractivity (Wildman–Crippen MR) is 51.7 cm³/mol. The molecule has 2 N–H and O–H groups in total. The Kier molecular flexibility index (Phi) is 1.95. The number of benzene rings is 1. The van der Waals surface area contributed by atoms with Crippen molar-refractivity contribution in [2.75, 3.05) is 6.61 Å². The zero-order valence-electron chi connectivity index (χ0n) is 8.09. The normalized spacial score (nSPS) is 30.7. The van der Waals surface area contributed by atoms with Crippen molar-refractivity contribution in [3.05, 3.63) is 23.8 Å². The molecule has 1 fully saturated rings. The molecule has 4 nitrogen and oxygen atoms in total. The Balaban J connectivity index is 1.47. The first kappa shape index (κ1) is 9.15. The Morgan fingerprint density at radius 1 is 1.20 bits per heavy atom. The van der Waals surface area contributed by atoms with Crippen molar-refractivity contribution in [2.24, 2.45) is 5.92 Å². The van der Waals surface area contributed by atoms with Crippen molar-refractivity contribution >= 4 is 0 Å². The molecule has 0 radical (unpaired) electrons. The van der Waals surface area contributed by atoms with Gasteiger partial charge in [0, 0.05) is 5.92 Å². The van der Waals surface area contributed by atoms with E-state index in [0.717, 1.165) is 17.1 Å². The van der Waals surface area contributed by atoms with Gasteiger partial charge in [0.15, 0.2) is 11.5 Å². The zero-order valence-corrected chi connectivity index (χ0v) is 8.09. The highest BCUT2D eigenvalue weighted by Gasteiger charge is 2.48. The molecule has 1 saturated carbocycles. The molecule has 15 heavy (non-hydrogen) atoms. The molecule has 2 aliphatic rings. The molecule has 0 saturated heterocycles. The monoisotopic (exact) mass is 208 g/mol. The summed E-state index contributed by atoms with van der Waals surface area (Å²) in [5.74, 6) is 1.75. The third-order valence-corrected chi connectivity index (χ3v) is 2.85. The molecule has 0 aromatic heterocycles. The summed E-state index contributed by atoms with van der Waals surface area (Å²) in [6.45, 7) is 0.896. The Morgan fingerprint density at radius 3 is 2.67 bits per heavy atom. The van der Waals surface area contributed by atoms with E-state index < -0.39 is 12.2 Å². The highest BCUT2D eigenvalue weighted by atomic mass is 16.6. The highest BCUT2D eigenvalue weighted by molar-refractivity contribution is 5.55. The molecule has 80 valence electrons. The molecule has 1 aromatic rings. The maximum absolute atomic E-state index is 9.09. The van der Waals surface area contributed by atoms with Gasteiger partial charge in [-0.15, -0.1) is 0 Å². The second-order valence-electron chi connectivity index (χ2n) is 4.04. The van der Waals surface area contributed by atoms with E-state index in [-0.39, 0.29) is 5.92 Å². The van der Waals surface area contributed by atoms with Gasteiger partial charge in [-0.25, -0.2) is 0 Å². The lowest BCUT2D eigenvalue weighted by Gasteiger charge is -2.01. The summed E-state index contributed by atoms with van der Waals surface area (Å²) in [6, 6.07) is 5.80. The first-order valence-corrected chi connectivity index (χ1v) is 5.00. The number of ether oxygens (including phenoxy) is 2. The van der Waals surface area contributed by atoms with Crippen LogP contribution in [0.25, 0.3) is 0 Å². The van der Waals surface area contributed by atoms with Gasteiger partial charge in [-0.3, -0.25) is 0 Å². The van der Waals surface area contributed by atoms with Crippen molar-refractivity contribution < 1.29 is 19.7 Å². The molecule has 1 aliphatic carbocycles. The molecule has 0 amide bonds. The Bertz CT molecular complexity index is 382. The zero-order chi connectivity index (χ0) is 10.4. The van der Waals surface area contributed by atoms with Crippen LogP contribution in [0.1, 0.15) is 5.56 Å². The van der Waals surface area contributed by atoms with E-state index in [9.17, 15) is 0 Å². The third kappa shape index (κ3) is 1.71. The van der Waals surface area contributed by atoms with Crippen LogP contribution in [0.5, 0.6) is 11.5 Å². The van der Waals surface area contributed by atoms with Crippen LogP contribution in [0.2, 0.25) is 0 Å². The molecular weight excluding hydrogens is 196 g/mol. The van der Waals surface area contributed by atoms with Crippen LogP contribution < -0.4 is 4.74 Å².